The first kappa shape index (κ1) is 14.5. The maximum atomic E-state index is 12.5. The monoisotopic (exact) mass is 310 g/mol. The highest BCUT2D eigenvalue weighted by molar-refractivity contribution is 7.80. The normalized spacial score (nSPS) is 20.2. The zero-order valence-corrected chi connectivity index (χ0v) is 11.3. The minimum absolute atomic E-state index is 0.0780. The maximum Gasteiger partial charge on any atom is 0.433 e. The highest BCUT2D eigenvalue weighted by atomic mass is 35.5. The van der Waals surface area contributed by atoms with Gasteiger partial charge in [-0.3, -0.25) is 4.79 Å². The molecule has 0 saturated carbocycles. The van der Waals surface area contributed by atoms with Gasteiger partial charge in [-0.25, -0.2) is 4.98 Å². The first-order chi connectivity index (χ1) is 8.82. The van der Waals surface area contributed by atoms with Crippen molar-refractivity contribution in [3.8, 4) is 0 Å². The molecule has 0 spiro atoms. The average molecular weight is 311 g/mol. The first-order valence-electron chi connectivity index (χ1n) is 5.48. The number of anilines is 1. The quantitative estimate of drug-likeness (QED) is 0.673. The molecule has 2 rings (SSSR count). The number of rotatable bonds is 2. The SMILES string of the molecule is O=C1CC(CS)CN1c1ccc(C(F)(F)F)nc1Cl. The summed E-state index contributed by atoms with van der Waals surface area (Å²) in [5.41, 5.74) is -0.859. The van der Waals surface area contributed by atoms with Gasteiger partial charge in [-0.1, -0.05) is 11.6 Å². The Morgan fingerprint density at radius 3 is 2.63 bits per heavy atom. The van der Waals surface area contributed by atoms with Gasteiger partial charge < -0.3 is 4.90 Å². The molecule has 0 aliphatic carbocycles. The summed E-state index contributed by atoms with van der Waals surface area (Å²) in [6.07, 6.45) is -4.23. The third-order valence-electron chi connectivity index (χ3n) is 2.87. The van der Waals surface area contributed by atoms with Crippen molar-refractivity contribution >= 4 is 35.8 Å². The number of aromatic nitrogens is 1. The van der Waals surface area contributed by atoms with E-state index in [1.165, 1.54) is 11.0 Å². The van der Waals surface area contributed by atoms with Crippen molar-refractivity contribution in [2.24, 2.45) is 5.92 Å². The summed E-state index contributed by atoms with van der Waals surface area (Å²) >= 11 is 9.86. The molecule has 1 amide bonds. The van der Waals surface area contributed by atoms with E-state index in [-0.39, 0.29) is 22.7 Å². The number of amides is 1. The van der Waals surface area contributed by atoms with E-state index >= 15 is 0 Å². The maximum absolute atomic E-state index is 12.5. The van der Waals surface area contributed by atoms with Crippen molar-refractivity contribution in [2.45, 2.75) is 12.6 Å². The highest BCUT2D eigenvalue weighted by Gasteiger charge is 2.35. The molecule has 8 heteroatoms. The molecular weight excluding hydrogens is 301 g/mol. The van der Waals surface area contributed by atoms with E-state index in [0.29, 0.717) is 18.7 Å². The summed E-state index contributed by atoms with van der Waals surface area (Å²) in [5.74, 6) is 0.435. The Labute approximate surface area is 118 Å². The van der Waals surface area contributed by atoms with Crippen LogP contribution in [-0.4, -0.2) is 23.2 Å². The van der Waals surface area contributed by atoms with Crippen LogP contribution >= 0.6 is 24.2 Å². The molecule has 3 nitrogen and oxygen atoms in total. The van der Waals surface area contributed by atoms with Crippen molar-refractivity contribution in [1.82, 2.24) is 4.98 Å². The Hall–Kier alpha value is -0.950. The predicted octanol–water partition coefficient (Wildman–Crippen LogP) is 3.04. The van der Waals surface area contributed by atoms with E-state index < -0.39 is 11.9 Å². The number of nitrogens with zero attached hydrogens (tertiary/aromatic N) is 2. The predicted molar refractivity (Wildman–Crippen MR) is 68.6 cm³/mol. The van der Waals surface area contributed by atoms with E-state index in [1.807, 2.05) is 0 Å². The van der Waals surface area contributed by atoms with E-state index in [0.717, 1.165) is 6.07 Å². The lowest BCUT2D eigenvalue weighted by Crippen LogP contribution is -2.25. The Kier molecular flexibility index (Phi) is 3.96. The Morgan fingerprint density at radius 1 is 1.47 bits per heavy atom. The van der Waals surface area contributed by atoms with Crippen molar-refractivity contribution in [1.29, 1.82) is 0 Å². The van der Waals surface area contributed by atoms with Crippen LogP contribution in [0.2, 0.25) is 5.15 Å². The van der Waals surface area contributed by atoms with Gasteiger partial charge in [0.15, 0.2) is 5.15 Å². The fourth-order valence-electron chi connectivity index (χ4n) is 1.92. The van der Waals surface area contributed by atoms with Crippen LogP contribution in [-0.2, 0) is 11.0 Å². The minimum atomic E-state index is -4.55. The van der Waals surface area contributed by atoms with Gasteiger partial charge >= 0.3 is 6.18 Å². The molecule has 1 unspecified atom stereocenters. The molecular formula is C11H10ClF3N2OS. The van der Waals surface area contributed by atoms with Crippen molar-refractivity contribution in [2.75, 3.05) is 17.2 Å². The number of carbonyl (C=O) groups is 1. The van der Waals surface area contributed by atoms with Crippen LogP contribution < -0.4 is 4.90 Å². The van der Waals surface area contributed by atoms with Gasteiger partial charge in [0.25, 0.3) is 0 Å². The van der Waals surface area contributed by atoms with Crippen LogP contribution in [0.15, 0.2) is 12.1 Å². The first-order valence-corrected chi connectivity index (χ1v) is 6.49. The van der Waals surface area contributed by atoms with Crippen LogP contribution in [0, 0.1) is 5.92 Å². The largest absolute Gasteiger partial charge is 0.433 e. The molecule has 104 valence electrons. The smallest absolute Gasteiger partial charge is 0.309 e. The second kappa shape index (κ2) is 5.20. The molecule has 1 aromatic rings. The Balaban J connectivity index is 2.30. The number of halogens is 4. The fraction of sp³-hybridized carbons (Fsp3) is 0.455. The van der Waals surface area contributed by atoms with Crippen LogP contribution in [0.1, 0.15) is 12.1 Å². The van der Waals surface area contributed by atoms with Crippen LogP contribution in [0.3, 0.4) is 0 Å². The van der Waals surface area contributed by atoms with Gasteiger partial charge in [-0.15, -0.1) is 0 Å². The van der Waals surface area contributed by atoms with E-state index in [1.54, 1.807) is 0 Å². The lowest BCUT2D eigenvalue weighted by molar-refractivity contribution is -0.141. The van der Waals surface area contributed by atoms with Gasteiger partial charge in [-0.05, 0) is 23.8 Å². The molecule has 1 aromatic heterocycles. The zero-order valence-electron chi connectivity index (χ0n) is 9.62. The van der Waals surface area contributed by atoms with Gasteiger partial charge in [-0.2, -0.15) is 25.8 Å². The standard InChI is InChI=1S/C11H10ClF3N2OS/c12-10-7(1-2-8(16-10)11(13,14)15)17-4-6(5-19)3-9(17)18/h1-2,6,19H,3-5H2. The summed E-state index contributed by atoms with van der Waals surface area (Å²) in [7, 11) is 0. The molecule has 1 atom stereocenters. The molecule has 1 aliphatic heterocycles. The average Bonchev–Trinajstić information content (AvgIpc) is 2.69. The topological polar surface area (TPSA) is 33.2 Å². The second-order valence-corrected chi connectivity index (χ2v) is 4.98. The van der Waals surface area contributed by atoms with E-state index in [4.69, 9.17) is 11.6 Å². The molecule has 19 heavy (non-hydrogen) atoms. The van der Waals surface area contributed by atoms with Crippen molar-refractivity contribution < 1.29 is 18.0 Å². The summed E-state index contributed by atoms with van der Waals surface area (Å²) in [4.78, 5) is 16.4. The molecule has 2 heterocycles. The van der Waals surface area contributed by atoms with Gasteiger partial charge in [0.1, 0.15) is 5.69 Å². The summed E-state index contributed by atoms with van der Waals surface area (Å²) in [6.45, 7) is 0.398. The zero-order chi connectivity index (χ0) is 14.2. The lowest BCUT2D eigenvalue weighted by Gasteiger charge is -2.18. The second-order valence-electron chi connectivity index (χ2n) is 4.26. The molecule has 0 radical (unpaired) electrons. The Bertz CT molecular complexity index is 509. The van der Waals surface area contributed by atoms with Gasteiger partial charge in [0.05, 0.1) is 5.69 Å². The molecule has 1 fully saturated rings. The van der Waals surface area contributed by atoms with E-state index in [2.05, 4.69) is 17.6 Å². The van der Waals surface area contributed by atoms with Crippen LogP contribution in [0.25, 0.3) is 0 Å². The lowest BCUT2D eigenvalue weighted by atomic mass is 10.1. The highest BCUT2D eigenvalue weighted by Crippen LogP contribution is 2.34. The van der Waals surface area contributed by atoms with Crippen molar-refractivity contribution in [3.63, 3.8) is 0 Å². The number of alkyl halides is 3. The minimum Gasteiger partial charge on any atom is -0.309 e. The third-order valence-corrected chi connectivity index (χ3v) is 3.67. The number of carbonyl (C=O) groups excluding carboxylic acids is 1. The van der Waals surface area contributed by atoms with Crippen molar-refractivity contribution in [3.05, 3.63) is 23.0 Å². The number of hydrogen-bond acceptors (Lipinski definition) is 3. The third kappa shape index (κ3) is 2.97. The summed E-state index contributed by atoms with van der Waals surface area (Å²) < 4.78 is 37.4. The Morgan fingerprint density at radius 2 is 2.16 bits per heavy atom. The summed E-state index contributed by atoms with van der Waals surface area (Å²) in [5, 5.41) is -0.317. The molecule has 0 aromatic carbocycles. The number of thiol groups is 1. The van der Waals surface area contributed by atoms with Crippen LogP contribution in [0.5, 0.6) is 0 Å². The van der Waals surface area contributed by atoms with E-state index in [9.17, 15) is 18.0 Å². The number of pyridine rings is 1. The van der Waals surface area contributed by atoms with Crippen LogP contribution in [0.4, 0.5) is 18.9 Å². The molecule has 0 bridgehead atoms. The molecule has 0 N–H and O–H groups in total. The van der Waals surface area contributed by atoms with Gasteiger partial charge in [0, 0.05) is 13.0 Å². The van der Waals surface area contributed by atoms with Gasteiger partial charge in [0.2, 0.25) is 5.91 Å². The molecule has 1 saturated heterocycles. The number of hydrogen-bond donors (Lipinski definition) is 1. The fourth-order valence-corrected chi connectivity index (χ4v) is 2.42. The summed E-state index contributed by atoms with van der Waals surface area (Å²) in [6, 6.07) is 2.00. The molecule has 1 aliphatic rings.